The van der Waals surface area contributed by atoms with Gasteiger partial charge in [0.15, 0.2) is 0 Å². The standard InChI is InChI=1S/C18H19NO5S/c1-13-16(23-2)11-15(12-17(13)24-3)18(20)19-25(21,22)10-9-14-7-5-4-6-8-14/h4-12H,1-3H3,(H,19,20)/b10-9+. The molecule has 0 radical (unpaired) electrons. The van der Waals surface area contributed by atoms with Gasteiger partial charge in [-0.1, -0.05) is 30.3 Å². The highest BCUT2D eigenvalue weighted by Gasteiger charge is 2.17. The van der Waals surface area contributed by atoms with E-state index >= 15 is 0 Å². The molecule has 25 heavy (non-hydrogen) atoms. The molecule has 0 aliphatic rings. The first-order valence-electron chi connectivity index (χ1n) is 7.39. The van der Waals surface area contributed by atoms with Crippen LogP contribution in [0.25, 0.3) is 6.08 Å². The molecule has 2 rings (SSSR count). The van der Waals surface area contributed by atoms with Gasteiger partial charge in [-0.25, -0.2) is 13.1 Å². The average molecular weight is 361 g/mol. The van der Waals surface area contributed by atoms with Gasteiger partial charge in [-0.05, 0) is 30.7 Å². The van der Waals surface area contributed by atoms with E-state index in [1.165, 1.54) is 32.4 Å². The van der Waals surface area contributed by atoms with E-state index in [1.54, 1.807) is 31.2 Å². The summed E-state index contributed by atoms with van der Waals surface area (Å²) in [6.45, 7) is 1.78. The summed E-state index contributed by atoms with van der Waals surface area (Å²) < 4.78 is 36.5. The Bertz CT molecular complexity index is 864. The third kappa shape index (κ3) is 4.84. The van der Waals surface area contributed by atoms with E-state index in [2.05, 4.69) is 0 Å². The van der Waals surface area contributed by atoms with E-state index in [0.717, 1.165) is 5.41 Å². The second-order valence-corrected chi connectivity index (χ2v) is 6.76. The zero-order valence-corrected chi connectivity index (χ0v) is 15.0. The summed E-state index contributed by atoms with van der Waals surface area (Å²) in [5.74, 6) is 0.0952. The smallest absolute Gasteiger partial charge is 0.265 e. The number of carbonyl (C=O) groups excluding carboxylic acids is 1. The van der Waals surface area contributed by atoms with Crippen molar-refractivity contribution in [3.8, 4) is 11.5 Å². The number of carbonyl (C=O) groups is 1. The molecular weight excluding hydrogens is 342 g/mol. The lowest BCUT2D eigenvalue weighted by molar-refractivity contribution is 0.0981. The third-order valence-corrected chi connectivity index (χ3v) is 4.45. The van der Waals surface area contributed by atoms with E-state index in [9.17, 15) is 13.2 Å². The Morgan fingerprint density at radius 3 is 2.12 bits per heavy atom. The fourth-order valence-corrected chi connectivity index (χ4v) is 2.95. The Balaban J connectivity index is 2.22. The van der Waals surface area contributed by atoms with Crippen LogP contribution < -0.4 is 14.2 Å². The average Bonchev–Trinajstić information content (AvgIpc) is 2.60. The number of methoxy groups -OCH3 is 2. The zero-order valence-electron chi connectivity index (χ0n) is 14.1. The second kappa shape index (κ2) is 7.85. The fraction of sp³-hybridized carbons (Fsp3) is 0.167. The van der Waals surface area contributed by atoms with E-state index in [-0.39, 0.29) is 5.56 Å². The topological polar surface area (TPSA) is 81.7 Å². The van der Waals surface area contributed by atoms with Gasteiger partial charge < -0.3 is 9.47 Å². The van der Waals surface area contributed by atoms with Gasteiger partial charge in [0, 0.05) is 11.1 Å². The van der Waals surface area contributed by atoms with Crippen LogP contribution in [0.5, 0.6) is 11.5 Å². The highest BCUT2D eigenvalue weighted by molar-refractivity contribution is 7.93. The summed E-state index contributed by atoms with van der Waals surface area (Å²) in [6.07, 6.45) is 1.41. The molecule has 6 nitrogen and oxygen atoms in total. The van der Waals surface area contributed by atoms with Crippen molar-refractivity contribution in [3.05, 3.63) is 64.6 Å². The molecule has 0 bridgehead atoms. The number of ether oxygens (including phenoxy) is 2. The first-order valence-corrected chi connectivity index (χ1v) is 8.94. The number of sulfonamides is 1. The molecule has 1 amide bonds. The number of rotatable bonds is 6. The Morgan fingerprint density at radius 2 is 1.60 bits per heavy atom. The van der Waals surface area contributed by atoms with Crippen molar-refractivity contribution >= 4 is 22.0 Å². The zero-order chi connectivity index (χ0) is 18.4. The first-order chi connectivity index (χ1) is 11.9. The van der Waals surface area contributed by atoms with Crippen molar-refractivity contribution in [2.24, 2.45) is 0 Å². The molecule has 0 fully saturated rings. The van der Waals surface area contributed by atoms with Crippen molar-refractivity contribution in [2.75, 3.05) is 14.2 Å². The largest absolute Gasteiger partial charge is 0.496 e. The van der Waals surface area contributed by atoms with Crippen molar-refractivity contribution in [1.82, 2.24) is 4.72 Å². The van der Waals surface area contributed by atoms with Crippen molar-refractivity contribution in [3.63, 3.8) is 0 Å². The minimum atomic E-state index is -3.94. The molecule has 0 atom stereocenters. The number of benzene rings is 2. The van der Waals surface area contributed by atoms with Crippen LogP contribution in [-0.4, -0.2) is 28.5 Å². The number of hydrogen-bond donors (Lipinski definition) is 1. The molecule has 0 unspecified atom stereocenters. The Hall–Kier alpha value is -2.80. The summed E-state index contributed by atoms with van der Waals surface area (Å²) in [7, 11) is -1.02. The molecule has 1 N–H and O–H groups in total. The molecule has 7 heteroatoms. The lowest BCUT2D eigenvalue weighted by Gasteiger charge is -2.12. The summed E-state index contributed by atoms with van der Waals surface area (Å²) in [5, 5.41) is 0.947. The Morgan fingerprint density at radius 1 is 1.04 bits per heavy atom. The maximum absolute atomic E-state index is 12.3. The first kappa shape index (κ1) is 18.5. The molecule has 2 aromatic rings. The number of nitrogens with one attached hydrogen (secondary N) is 1. The van der Waals surface area contributed by atoms with Gasteiger partial charge in [0.05, 0.1) is 19.6 Å². The van der Waals surface area contributed by atoms with E-state index in [1.807, 2.05) is 10.8 Å². The maximum atomic E-state index is 12.3. The SMILES string of the molecule is COc1cc(C(=O)NS(=O)(=O)/C=C/c2ccccc2)cc(OC)c1C. The van der Waals surface area contributed by atoms with Gasteiger partial charge in [-0.15, -0.1) is 0 Å². The van der Waals surface area contributed by atoms with Gasteiger partial charge >= 0.3 is 0 Å². The molecule has 0 spiro atoms. The quantitative estimate of drug-likeness (QED) is 0.855. The molecule has 0 aliphatic heterocycles. The molecule has 2 aromatic carbocycles. The molecular formula is C18H19NO5S. The molecule has 0 aromatic heterocycles. The summed E-state index contributed by atoms with van der Waals surface area (Å²) >= 11 is 0. The fourth-order valence-electron chi connectivity index (χ4n) is 2.17. The Kier molecular flexibility index (Phi) is 5.82. The van der Waals surface area contributed by atoms with Crippen LogP contribution in [0.15, 0.2) is 47.9 Å². The lowest BCUT2D eigenvalue weighted by Crippen LogP contribution is -2.28. The van der Waals surface area contributed by atoms with Gasteiger partial charge in [0.1, 0.15) is 11.5 Å². The molecule has 0 heterocycles. The molecule has 132 valence electrons. The summed E-state index contributed by atoms with van der Waals surface area (Å²) in [5.41, 5.74) is 1.54. The third-order valence-electron chi connectivity index (χ3n) is 3.49. The van der Waals surface area contributed by atoms with Crippen LogP contribution in [0.3, 0.4) is 0 Å². The predicted molar refractivity (Wildman–Crippen MR) is 96.1 cm³/mol. The number of amides is 1. The number of hydrogen-bond acceptors (Lipinski definition) is 5. The Labute approximate surface area is 147 Å². The van der Waals surface area contributed by atoms with Crippen LogP contribution in [0.2, 0.25) is 0 Å². The molecule has 0 saturated heterocycles. The van der Waals surface area contributed by atoms with Crippen LogP contribution in [0, 0.1) is 6.92 Å². The maximum Gasteiger partial charge on any atom is 0.265 e. The van der Waals surface area contributed by atoms with E-state index in [4.69, 9.17) is 9.47 Å². The van der Waals surface area contributed by atoms with E-state index < -0.39 is 15.9 Å². The van der Waals surface area contributed by atoms with E-state index in [0.29, 0.717) is 22.6 Å². The van der Waals surface area contributed by atoms with Crippen molar-refractivity contribution in [1.29, 1.82) is 0 Å². The van der Waals surface area contributed by atoms with Crippen LogP contribution in [0.1, 0.15) is 21.5 Å². The molecule has 0 saturated carbocycles. The van der Waals surface area contributed by atoms with Crippen LogP contribution >= 0.6 is 0 Å². The minimum Gasteiger partial charge on any atom is -0.496 e. The van der Waals surface area contributed by atoms with Gasteiger partial charge in [-0.3, -0.25) is 4.79 Å². The highest BCUT2D eigenvalue weighted by Crippen LogP contribution is 2.29. The summed E-state index contributed by atoms with van der Waals surface area (Å²) in [6, 6.07) is 11.8. The normalized spacial score (nSPS) is 11.3. The van der Waals surface area contributed by atoms with Gasteiger partial charge in [-0.2, -0.15) is 0 Å². The lowest BCUT2D eigenvalue weighted by atomic mass is 10.1. The van der Waals surface area contributed by atoms with Crippen LogP contribution in [-0.2, 0) is 10.0 Å². The van der Waals surface area contributed by atoms with Crippen molar-refractivity contribution in [2.45, 2.75) is 6.92 Å². The van der Waals surface area contributed by atoms with Crippen molar-refractivity contribution < 1.29 is 22.7 Å². The highest BCUT2D eigenvalue weighted by atomic mass is 32.2. The van der Waals surface area contributed by atoms with Gasteiger partial charge in [0.25, 0.3) is 15.9 Å². The van der Waals surface area contributed by atoms with Crippen LogP contribution in [0.4, 0.5) is 0 Å². The molecule has 0 aliphatic carbocycles. The monoisotopic (exact) mass is 361 g/mol. The van der Waals surface area contributed by atoms with Gasteiger partial charge in [0.2, 0.25) is 0 Å². The summed E-state index contributed by atoms with van der Waals surface area (Å²) in [4.78, 5) is 12.3. The second-order valence-electron chi connectivity index (χ2n) is 5.20. The predicted octanol–water partition coefficient (Wildman–Crippen LogP) is 2.74. The minimum absolute atomic E-state index is 0.121.